The molecule has 41 heavy (non-hydrogen) atoms. The molecule has 3 heterocycles. The van der Waals surface area contributed by atoms with Gasteiger partial charge in [-0.15, -0.1) is 0 Å². The number of fused-ring (bicyclic) bond motifs is 1. The highest BCUT2D eigenvalue weighted by atomic mass is 35.5. The third-order valence-electron chi connectivity index (χ3n) is 9.36. The van der Waals surface area contributed by atoms with Gasteiger partial charge in [0.2, 0.25) is 17.7 Å². The third-order valence-corrected chi connectivity index (χ3v) is 9.79. The lowest BCUT2D eigenvalue weighted by Crippen LogP contribution is -2.57. The molecule has 2 bridgehead atoms. The van der Waals surface area contributed by atoms with Gasteiger partial charge < -0.3 is 20.3 Å². The van der Waals surface area contributed by atoms with Crippen LogP contribution in [0.3, 0.4) is 0 Å². The Kier molecular flexibility index (Phi) is 7.37. The van der Waals surface area contributed by atoms with E-state index < -0.39 is 41.3 Å². The number of likely N-dealkylation sites (tertiary alicyclic amines) is 1. The van der Waals surface area contributed by atoms with Crippen LogP contribution < -0.4 is 10.6 Å². The molecule has 6 rings (SSSR count). The van der Waals surface area contributed by atoms with E-state index in [1.807, 2.05) is 0 Å². The maximum atomic E-state index is 14.2. The molecular weight excluding hydrogens is 568 g/mol. The first kappa shape index (κ1) is 28.2. The molecule has 216 valence electrons. The summed E-state index contributed by atoms with van der Waals surface area (Å²) in [5, 5.41) is 6.79. The Morgan fingerprint density at radius 2 is 1.78 bits per heavy atom. The van der Waals surface area contributed by atoms with E-state index in [1.165, 1.54) is 17.0 Å². The summed E-state index contributed by atoms with van der Waals surface area (Å²) in [6.45, 7) is 4.41. The summed E-state index contributed by atoms with van der Waals surface area (Å²) in [5.41, 5.74) is -0.234. The molecule has 2 saturated heterocycles. The number of ether oxygens (including phenoxy) is 1. The van der Waals surface area contributed by atoms with Gasteiger partial charge in [0.1, 0.15) is 17.5 Å². The fraction of sp³-hybridized carbons (Fsp3) is 0.452. The summed E-state index contributed by atoms with van der Waals surface area (Å²) in [6, 6.07) is 9.52. The molecule has 2 N–H and O–H groups in total. The molecule has 4 aliphatic rings. The lowest BCUT2D eigenvalue weighted by Gasteiger charge is -2.38. The van der Waals surface area contributed by atoms with Crippen LogP contribution in [-0.4, -0.2) is 46.4 Å². The summed E-state index contributed by atoms with van der Waals surface area (Å²) >= 11 is 12.3. The van der Waals surface area contributed by atoms with Crippen LogP contribution in [0.2, 0.25) is 10.0 Å². The van der Waals surface area contributed by atoms with Gasteiger partial charge in [-0.25, -0.2) is 4.39 Å². The van der Waals surface area contributed by atoms with Crippen molar-refractivity contribution >= 4 is 46.6 Å². The average Bonchev–Trinajstić information content (AvgIpc) is 3.55. The van der Waals surface area contributed by atoms with Gasteiger partial charge in [-0.1, -0.05) is 74.2 Å². The number of amides is 3. The molecule has 1 aliphatic carbocycles. The van der Waals surface area contributed by atoms with Crippen LogP contribution in [-0.2, 0) is 25.7 Å². The Bertz CT molecular complexity index is 1400. The average molecular weight is 601 g/mol. The number of hydrogen-bond donors (Lipinski definition) is 2. The van der Waals surface area contributed by atoms with Crippen LogP contribution in [0.25, 0.3) is 0 Å². The zero-order valence-corrected chi connectivity index (χ0v) is 24.3. The van der Waals surface area contributed by atoms with Crippen LogP contribution in [0.4, 0.5) is 10.1 Å². The van der Waals surface area contributed by atoms with Crippen LogP contribution >= 0.6 is 23.2 Å². The predicted octanol–water partition coefficient (Wildman–Crippen LogP) is 5.36. The number of carbonyl (C=O) groups excluding carboxylic acids is 3. The molecule has 3 fully saturated rings. The highest BCUT2D eigenvalue weighted by Crippen LogP contribution is 2.55. The summed E-state index contributed by atoms with van der Waals surface area (Å²) in [6.07, 6.45) is 5.87. The molecule has 1 spiro atoms. The largest absolute Gasteiger partial charge is 0.359 e. The zero-order chi connectivity index (χ0) is 29.1. The summed E-state index contributed by atoms with van der Waals surface area (Å²) < 4.78 is 20.1. The van der Waals surface area contributed by atoms with E-state index in [4.69, 9.17) is 27.9 Å². The van der Waals surface area contributed by atoms with Gasteiger partial charge in [0.05, 0.1) is 17.9 Å². The monoisotopic (exact) mass is 599 g/mol. The van der Waals surface area contributed by atoms with E-state index in [0.29, 0.717) is 27.2 Å². The van der Waals surface area contributed by atoms with Crippen molar-refractivity contribution in [2.24, 2.45) is 23.7 Å². The molecule has 1 saturated carbocycles. The molecule has 3 aliphatic heterocycles. The molecule has 3 amide bonds. The van der Waals surface area contributed by atoms with Crippen LogP contribution in [0, 0.1) is 29.5 Å². The Morgan fingerprint density at radius 1 is 1.07 bits per heavy atom. The lowest BCUT2D eigenvalue weighted by atomic mass is 9.73. The molecule has 0 aromatic heterocycles. The van der Waals surface area contributed by atoms with Crippen molar-refractivity contribution in [2.75, 3.05) is 5.32 Å². The second-order valence-electron chi connectivity index (χ2n) is 11.8. The Morgan fingerprint density at radius 3 is 2.49 bits per heavy atom. The van der Waals surface area contributed by atoms with E-state index in [9.17, 15) is 18.8 Å². The van der Waals surface area contributed by atoms with Crippen molar-refractivity contribution in [1.82, 2.24) is 10.2 Å². The van der Waals surface area contributed by atoms with Gasteiger partial charge in [0.15, 0.2) is 0 Å². The van der Waals surface area contributed by atoms with Crippen molar-refractivity contribution in [3.05, 3.63) is 76.0 Å². The van der Waals surface area contributed by atoms with Crippen molar-refractivity contribution in [3.8, 4) is 0 Å². The number of nitrogens with one attached hydrogen (secondary N) is 2. The molecule has 8 atom stereocenters. The van der Waals surface area contributed by atoms with Gasteiger partial charge in [-0.05, 0) is 54.2 Å². The number of benzene rings is 2. The van der Waals surface area contributed by atoms with Crippen molar-refractivity contribution in [1.29, 1.82) is 0 Å². The van der Waals surface area contributed by atoms with Crippen molar-refractivity contribution in [2.45, 2.75) is 63.4 Å². The Balaban J connectivity index is 1.33. The first-order valence-electron chi connectivity index (χ1n) is 14.1. The minimum Gasteiger partial charge on any atom is -0.359 e. The van der Waals surface area contributed by atoms with Crippen LogP contribution in [0.15, 0.2) is 54.6 Å². The normalized spacial score (nSPS) is 33.6. The summed E-state index contributed by atoms with van der Waals surface area (Å²) in [5.74, 6) is -2.50. The first-order chi connectivity index (χ1) is 19.6. The number of hydrogen-bond acceptors (Lipinski definition) is 4. The first-order valence-corrected chi connectivity index (χ1v) is 14.8. The fourth-order valence-electron chi connectivity index (χ4n) is 7.12. The maximum Gasteiger partial charge on any atom is 0.246 e. The molecule has 2 aromatic rings. The molecule has 2 aromatic carbocycles. The highest BCUT2D eigenvalue weighted by molar-refractivity contribution is 6.35. The highest BCUT2D eigenvalue weighted by Gasteiger charge is 2.72. The minimum atomic E-state index is -1.30. The molecular formula is C31H32Cl2FN3O4. The topological polar surface area (TPSA) is 87.7 Å². The summed E-state index contributed by atoms with van der Waals surface area (Å²) in [4.78, 5) is 43.5. The van der Waals surface area contributed by atoms with E-state index in [2.05, 4.69) is 24.5 Å². The number of nitrogens with zero attached hydrogens (tertiary/aromatic N) is 1. The fourth-order valence-corrected chi connectivity index (χ4v) is 7.65. The standard InChI is InChI=1S/C31H32Cl2FN3O4/c1-16-4-3-5-23(17(16)2)36-29(39)27-31-11-10-24(41-31)25(28(38)35-22-13-19(32)12-20(33)14-22)26(31)30(40)37(27)15-18-6-8-21(34)9-7-18/h6-14,16-17,23-27H,3-5,15H2,1-2H3,(H,35,38)(H,36,39)/t16-,17-,23+,24+,25-,26+,27+,31+/m1/s1. The predicted molar refractivity (Wildman–Crippen MR) is 154 cm³/mol. The zero-order valence-electron chi connectivity index (χ0n) is 22.8. The van der Waals surface area contributed by atoms with E-state index in [1.54, 1.807) is 42.5 Å². The van der Waals surface area contributed by atoms with E-state index in [-0.39, 0.29) is 30.3 Å². The Labute approximate surface area is 248 Å². The smallest absolute Gasteiger partial charge is 0.246 e. The number of anilines is 1. The van der Waals surface area contributed by atoms with Crippen LogP contribution in [0.1, 0.15) is 38.7 Å². The van der Waals surface area contributed by atoms with Gasteiger partial charge in [0, 0.05) is 28.3 Å². The molecule has 10 heteroatoms. The quantitative estimate of drug-likeness (QED) is 0.437. The van der Waals surface area contributed by atoms with Crippen LogP contribution in [0.5, 0.6) is 0 Å². The number of halogens is 3. The molecule has 0 radical (unpaired) electrons. The van der Waals surface area contributed by atoms with Gasteiger partial charge in [-0.2, -0.15) is 0 Å². The second kappa shape index (κ2) is 10.7. The van der Waals surface area contributed by atoms with E-state index >= 15 is 0 Å². The lowest BCUT2D eigenvalue weighted by molar-refractivity contribution is -0.142. The molecule has 7 nitrogen and oxygen atoms in total. The maximum absolute atomic E-state index is 14.2. The third kappa shape index (κ3) is 4.94. The van der Waals surface area contributed by atoms with Gasteiger partial charge >= 0.3 is 0 Å². The van der Waals surface area contributed by atoms with Gasteiger partial charge in [-0.3, -0.25) is 14.4 Å². The van der Waals surface area contributed by atoms with E-state index in [0.717, 1.165) is 19.3 Å². The minimum absolute atomic E-state index is 0.0290. The number of rotatable bonds is 6. The SMILES string of the molecule is C[C@@H]1[C@H](C)CCC[C@@H]1NC(=O)[C@@H]1N(Cc2ccc(F)cc2)C(=O)[C@@H]2[C@H](C(=O)Nc3cc(Cl)cc(Cl)c3)[C@@H]3C=C[C@]21O3. The summed E-state index contributed by atoms with van der Waals surface area (Å²) in [7, 11) is 0. The Hall–Kier alpha value is -2.94. The number of carbonyl (C=O) groups is 3. The van der Waals surface area contributed by atoms with Gasteiger partial charge in [0.25, 0.3) is 0 Å². The van der Waals surface area contributed by atoms with Crippen molar-refractivity contribution in [3.63, 3.8) is 0 Å². The second-order valence-corrected chi connectivity index (χ2v) is 12.7. The van der Waals surface area contributed by atoms with Crippen molar-refractivity contribution < 1.29 is 23.5 Å². The molecule has 0 unspecified atom stereocenters.